The van der Waals surface area contributed by atoms with Crippen LogP contribution in [0.3, 0.4) is 0 Å². The highest BCUT2D eigenvalue weighted by atomic mass is 16.6. The lowest BCUT2D eigenvalue weighted by atomic mass is 9.95. The molecule has 0 spiro atoms. The molecule has 0 heterocycles. The van der Waals surface area contributed by atoms with E-state index in [2.05, 4.69) is 23.6 Å². The minimum atomic E-state index is -0.822. The van der Waals surface area contributed by atoms with Gasteiger partial charge in [-0.15, -0.1) is 0 Å². The standard InChI is InChI=1S/C31H53N3O4/c1-12-13-14-15-16-34(28(36)25(17-21(2)3)32-29(37)38-31(9,10)11)26(27(35)33-30(6,7)8)24-19-22(4)18-23(5)20-24/h18-21,25-26H,12-17H2,1-11H3,(H,32,37)(H,33,35). The van der Waals surface area contributed by atoms with Gasteiger partial charge in [-0.3, -0.25) is 9.59 Å². The maximum absolute atomic E-state index is 14.3. The quantitative estimate of drug-likeness (QED) is 0.297. The lowest BCUT2D eigenvalue weighted by molar-refractivity contribution is -0.143. The Hall–Kier alpha value is -2.57. The molecule has 1 rings (SSSR count). The Morgan fingerprint density at radius 1 is 0.921 bits per heavy atom. The molecule has 0 aliphatic carbocycles. The molecule has 0 saturated heterocycles. The van der Waals surface area contributed by atoms with E-state index < -0.39 is 29.3 Å². The second-order valence-corrected chi connectivity index (χ2v) is 13.0. The number of hydrogen-bond donors (Lipinski definition) is 2. The van der Waals surface area contributed by atoms with Gasteiger partial charge in [-0.05, 0) is 79.7 Å². The number of rotatable bonds is 12. The number of nitrogens with one attached hydrogen (secondary N) is 2. The molecule has 7 heteroatoms. The predicted octanol–water partition coefficient (Wildman–Crippen LogP) is 6.61. The Labute approximate surface area is 231 Å². The van der Waals surface area contributed by atoms with Gasteiger partial charge in [0.05, 0.1) is 0 Å². The maximum atomic E-state index is 14.3. The van der Waals surface area contributed by atoms with Crippen LogP contribution < -0.4 is 10.6 Å². The van der Waals surface area contributed by atoms with Gasteiger partial charge in [-0.1, -0.05) is 69.4 Å². The molecule has 1 aromatic rings. The van der Waals surface area contributed by atoms with Gasteiger partial charge >= 0.3 is 6.09 Å². The average molecular weight is 532 g/mol. The number of carbonyl (C=O) groups is 3. The number of alkyl carbamates (subject to hydrolysis) is 1. The highest BCUT2D eigenvalue weighted by molar-refractivity contribution is 5.92. The van der Waals surface area contributed by atoms with Crippen LogP contribution >= 0.6 is 0 Å². The Kier molecular flexibility index (Phi) is 12.8. The second-order valence-electron chi connectivity index (χ2n) is 13.0. The van der Waals surface area contributed by atoms with Crippen LogP contribution in [0.1, 0.15) is 117 Å². The molecule has 2 unspecified atom stereocenters. The molecular weight excluding hydrogens is 478 g/mol. The van der Waals surface area contributed by atoms with Crippen molar-refractivity contribution >= 4 is 17.9 Å². The van der Waals surface area contributed by atoms with Gasteiger partial charge in [0.25, 0.3) is 0 Å². The van der Waals surface area contributed by atoms with Crippen LogP contribution in [0.2, 0.25) is 0 Å². The van der Waals surface area contributed by atoms with E-state index in [9.17, 15) is 14.4 Å². The summed E-state index contributed by atoms with van der Waals surface area (Å²) in [5, 5.41) is 5.92. The lowest BCUT2D eigenvalue weighted by Gasteiger charge is -2.36. The van der Waals surface area contributed by atoms with Crippen molar-refractivity contribution in [2.24, 2.45) is 5.92 Å². The van der Waals surface area contributed by atoms with Crippen molar-refractivity contribution in [1.29, 1.82) is 0 Å². The zero-order valence-electron chi connectivity index (χ0n) is 25.8. The Balaban J connectivity index is 3.59. The smallest absolute Gasteiger partial charge is 0.408 e. The summed E-state index contributed by atoms with van der Waals surface area (Å²) in [5.74, 6) is -0.356. The third-order valence-corrected chi connectivity index (χ3v) is 5.85. The Morgan fingerprint density at radius 2 is 1.50 bits per heavy atom. The molecule has 38 heavy (non-hydrogen) atoms. The zero-order chi connectivity index (χ0) is 29.3. The number of unbranched alkanes of at least 4 members (excludes halogenated alkanes) is 3. The van der Waals surface area contributed by atoms with Crippen molar-refractivity contribution in [3.8, 4) is 0 Å². The molecule has 216 valence electrons. The first-order valence-electron chi connectivity index (χ1n) is 14.1. The van der Waals surface area contributed by atoms with Crippen molar-refractivity contribution < 1.29 is 19.1 Å². The maximum Gasteiger partial charge on any atom is 0.408 e. The van der Waals surface area contributed by atoms with Crippen LogP contribution in [0, 0.1) is 19.8 Å². The first-order chi connectivity index (χ1) is 17.4. The summed E-state index contributed by atoms with van der Waals surface area (Å²) in [4.78, 5) is 42.5. The molecule has 2 N–H and O–H groups in total. The normalized spacial score (nSPS) is 13.6. The van der Waals surface area contributed by atoms with E-state index in [1.807, 2.05) is 60.6 Å². The third-order valence-electron chi connectivity index (χ3n) is 5.85. The van der Waals surface area contributed by atoms with Gasteiger partial charge < -0.3 is 20.3 Å². The van der Waals surface area contributed by atoms with Gasteiger partial charge in [0.15, 0.2) is 0 Å². The van der Waals surface area contributed by atoms with Crippen molar-refractivity contribution in [3.63, 3.8) is 0 Å². The molecule has 0 aromatic heterocycles. The molecule has 0 aliphatic heterocycles. The van der Waals surface area contributed by atoms with E-state index in [1.54, 1.807) is 25.7 Å². The fourth-order valence-corrected chi connectivity index (χ4v) is 4.50. The van der Waals surface area contributed by atoms with E-state index in [-0.39, 0.29) is 17.7 Å². The molecule has 2 atom stereocenters. The average Bonchev–Trinajstić information content (AvgIpc) is 2.71. The van der Waals surface area contributed by atoms with Gasteiger partial charge in [-0.2, -0.15) is 0 Å². The van der Waals surface area contributed by atoms with Crippen molar-refractivity contribution in [2.45, 2.75) is 131 Å². The van der Waals surface area contributed by atoms with E-state index in [0.29, 0.717) is 13.0 Å². The number of nitrogens with zero attached hydrogens (tertiary/aromatic N) is 1. The first-order valence-corrected chi connectivity index (χ1v) is 14.1. The molecule has 0 saturated carbocycles. The molecule has 1 aromatic carbocycles. The highest BCUT2D eigenvalue weighted by Gasteiger charge is 2.37. The minimum Gasteiger partial charge on any atom is -0.444 e. The first kappa shape index (κ1) is 33.5. The van der Waals surface area contributed by atoms with Gasteiger partial charge in [-0.25, -0.2) is 4.79 Å². The molecule has 0 bridgehead atoms. The summed E-state index contributed by atoms with van der Waals surface area (Å²) in [6, 6.07) is 4.38. The van der Waals surface area contributed by atoms with E-state index in [1.165, 1.54) is 0 Å². The number of carbonyl (C=O) groups excluding carboxylic acids is 3. The van der Waals surface area contributed by atoms with Crippen LogP contribution in [-0.2, 0) is 14.3 Å². The van der Waals surface area contributed by atoms with Crippen molar-refractivity contribution in [1.82, 2.24) is 15.5 Å². The van der Waals surface area contributed by atoms with Crippen molar-refractivity contribution in [2.75, 3.05) is 6.54 Å². The number of amides is 3. The Morgan fingerprint density at radius 3 is 1.97 bits per heavy atom. The summed E-state index contributed by atoms with van der Waals surface area (Å²) in [5.41, 5.74) is 1.66. The van der Waals surface area contributed by atoms with Gasteiger partial charge in [0.1, 0.15) is 17.7 Å². The molecule has 7 nitrogen and oxygen atoms in total. The Bertz CT molecular complexity index is 908. The fourth-order valence-electron chi connectivity index (χ4n) is 4.50. The number of ether oxygens (including phenoxy) is 1. The van der Waals surface area contributed by atoms with Crippen LogP contribution in [0.5, 0.6) is 0 Å². The van der Waals surface area contributed by atoms with Crippen LogP contribution in [0.25, 0.3) is 0 Å². The monoisotopic (exact) mass is 531 g/mol. The molecule has 3 amide bonds. The summed E-state index contributed by atoms with van der Waals surface area (Å²) >= 11 is 0. The molecule has 0 aliphatic rings. The summed E-state index contributed by atoms with van der Waals surface area (Å²) < 4.78 is 5.48. The number of benzene rings is 1. The van der Waals surface area contributed by atoms with Crippen LogP contribution in [0.4, 0.5) is 4.79 Å². The van der Waals surface area contributed by atoms with E-state index >= 15 is 0 Å². The number of aryl methyl sites for hydroxylation is 2. The SMILES string of the molecule is CCCCCCN(C(=O)C(CC(C)C)NC(=O)OC(C)(C)C)C(C(=O)NC(C)(C)C)c1cc(C)cc(C)c1. The lowest BCUT2D eigenvalue weighted by Crippen LogP contribution is -2.55. The fraction of sp³-hybridized carbons (Fsp3) is 0.710. The van der Waals surface area contributed by atoms with Gasteiger partial charge in [0, 0.05) is 12.1 Å². The minimum absolute atomic E-state index is 0.142. The highest BCUT2D eigenvalue weighted by Crippen LogP contribution is 2.27. The summed E-state index contributed by atoms with van der Waals surface area (Å²) in [7, 11) is 0. The predicted molar refractivity (Wildman–Crippen MR) is 155 cm³/mol. The molecule has 0 fully saturated rings. The van der Waals surface area contributed by atoms with E-state index in [0.717, 1.165) is 42.4 Å². The topological polar surface area (TPSA) is 87.7 Å². The van der Waals surface area contributed by atoms with Crippen LogP contribution in [-0.4, -0.2) is 46.5 Å². The van der Waals surface area contributed by atoms with Crippen molar-refractivity contribution in [3.05, 3.63) is 34.9 Å². The number of hydrogen-bond acceptors (Lipinski definition) is 4. The molecular formula is C31H53N3O4. The van der Waals surface area contributed by atoms with E-state index in [4.69, 9.17) is 4.74 Å². The summed E-state index contributed by atoms with van der Waals surface area (Å²) in [6.45, 7) is 21.7. The zero-order valence-corrected chi connectivity index (χ0v) is 25.8. The second kappa shape index (κ2) is 14.5. The molecule has 0 radical (unpaired) electrons. The third kappa shape index (κ3) is 12.3. The summed E-state index contributed by atoms with van der Waals surface area (Å²) in [6.07, 6.45) is 3.64. The van der Waals surface area contributed by atoms with Crippen LogP contribution in [0.15, 0.2) is 18.2 Å². The van der Waals surface area contributed by atoms with Gasteiger partial charge in [0.2, 0.25) is 11.8 Å². The largest absolute Gasteiger partial charge is 0.444 e.